The predicted octanol–water partition coefficient (Wildman–Crippen LogP) is 2.21. The molecule has 0 saturated heterocycles. The zero-order valence-electron chi connectivity index (χ0n) is 10.3. The van der Waals surface area contributed by atoms with Crippen molar-refractivity contribution in [1.82, 2.24) is 0 Å². The highest BCUT2D eigenvalue weighted by atomic mass is 16.5. The van der Waals surface area contributed by atoms with Gasteiger partial charge in [0.05, 0.1) is 32.6 Å². The molecule has 0 fully saturated rings. The van der Waals surface area contributed by atoms with E-state index in [1.165, 1.54) is 21.3 Å². The molecule has 0 bridgehead atoms. The maximum absolute atomic E-state index is 11.6. The Bertz CT molecular complexity index is 440. The largest absolute Gasteiger partial charge is 0.493 e. The van der Waals surface area contributed by atoms with Crippen LogP contribution in [-0.2, 0) is 4.74 Å². The number of esters is 1. The van der Waals surface area contributed by atoms with E-state index in [1.807, 2.05) is 0 Å². The number of aliphatic imine (C=N–C) groups is 1. The minimum Gasteiger partial charge on any atom is -0.493 e. The molecule has 0 heterocycles. The van der Waals surface area contributed by atoms with Crippen LogP contribution in [-0.4, -0.2) is 33.5 Å². The molecule has 0 amide bonds. The summed E-state index contributed by atoms with van der Waals surface area (Å²) in [6.07, 6.45) is 1.59. The van der Waals surface area contributed by atoms with Crippen LogP contribution in [0.2, 0.25) is 0 Å². The number of methoxy groups -OCH3 is 3. The van der Waals surface area contributed by atoms with E-state index in [2.05, 4.69) is 9.73 Å². The summed E-state index contributed by atoms with van der Waals surface area (Å²) in [5, 5.41) is 0. The predicted molar refractivity (Wildman–Crippen MR) is 64.7 cm³/mol. The minimum atomic E-state index is -0.466. The van der Waals surface area contributed by atoms with Crippen LogP contribution in [0.1, 0.15) is 17.3 Å². The molecule has 0 N–H and O–H groups in total. The lowest BCUT2D eigenvalue weighted by molar-refractivity contribution is 0.0601. The Kier molecular flexibility index (Phi) is 4.51. The molecule has 0 aromatic heterocycles. The summed E-state index contributed by atoms with van der Waals surface area (Å²) in [7, 11) is 4.34. The SMILES string of the molecule is CC=Nc1cc(OC)c(OC)cc1C(=O)OC. The monoisotopic (exact) mass is 237 g/mol. The van der Waals surface area contributed by atoms with Crippen molar-refractivity contribution < 1.29 is 19.0 Å². The van der Waals surface area contributed by atoms with Crippen molar-refractivity contribution in [2.24, 2.45) is 4.99 Å². The molecule has 1 aromatic rings. The maximum Gasteiger partial charge on any atom is 0.340 e. The Balaban J connectivity index is 3.39. The van der Waals surface area contributed by atoms with Crippen molar-refractivity contribution in [3.05, 3.63) is 17.7 Å². The summed E-state index contributed by atoms with van der Waals surface area (Å²) in [4.78, 5) is 15.7. The number of hydrogen-bond donors (Lipinski definition) is 0. The molecule has 0 unspecified atom stereocenters. The zero-order valence-corrected chi connectivity index (χ0v) is 10.3. The lowest BCUT2D eigenvalue weighted by atomic mass is 10.1. The van der Waals surface area contributed by atoms with Crippen LogP contribution in [0.4, 0.5) is 5.69 Å². The van der Waals surface area contributed by atoms with E-state index < -0.39 is 5.97 Å². The Morgan fingerprint density at radius 2 is 1.76 bits per heavy atom. The van der Waals surface area contributed by atoms with Gasteiger partial charge in [-0.05, 0) is 6.92 Å². The lowest BCUT2D eigenvalue weighted by Gasteiger charge is -2.11. The van der Waals surface area contributed by atoms with Gasteiger partial charge in [0.25, 0.3) is 0 Å². The smallest absolute Gasteiger partial charge is 0.340 e. The summed E-state index contributed by atoms with van der Waals surface area (Å²) in [5.74, 6) is 0.509. The van der Waals surface area contributed by atoms with Gasteiger partial charge in [0.15, 0.2) is 11.5 Å². The van der Waals surface area contributed by atoms with Gasteiger partial charge in [-0.25, -0.2) is 4.79 Å². The van der Waals surface area contributed by atoms with Gasteiger partial charge >= 0.3 is 5.97 Å². The van der Waals surface area contributed by atoms with Gasteiger partial charge in [-0.15, -0.1) is 0 Å². The third-order valence-corrected chi connectivity index (χ3v) is 2.18. The van der Waals surface area contributed by atoms with Crippen molar-refractivity contribution in [1.29, 1.82) is 0 Å². The molecule has 5 nitrogen and oxygen atoms in total. The number of ether oxygens (including phenoxy) is 3. The maximum atomic E-state index is 11.6. The van der Waals surface area contributed by atoms with Crippen LogP contribution >= 0.6 is 0 Å². The second kappa shape index (κ2) is 5.89. The van der Waals surface area contributed by atoms with E-state index in [4.69, 9.17) is 9.47 Å². The molecular formula is C12H15NO4. The van der Waals surface area contributed by atoms with Crippen molar-refractivity contribution in [3.8, 4) is 11.5 Å². The van der Waals surface area contributed by atoms with E-state index in [-0.39, 0.29) is 0 Å². The summed E-state index contributed by atoms with van der Waals surface area (Å²) in [5.41, 5.74) is 0.820. The van der Waals surface area contributed by atoms with Crippen molar-refractivity contribution >= 4 is 17.9 Å². The standard InChI is InChI=1S/C12H15NO4/c1-5-13-9-7-11(16-3)10(15-2)6-8(9)12(14)17-4/h5-7H,1-4H3. The highest BCUT2D eigenvalue weighted by Gasteiger charge is 2.16. The van der Waals surface area contributed by atoms with E-state index >= 15 is 0 Å². The van der Waals surface area contributed by atoms with Gasteiger partial charge in [0, 0.05) is 18.3 Å². The van der Waals surface area contributed by atoms with E-state index in [0.29, 0.717) is 22.7 Å². The van der Waals surface area contributed by atoms with Gasteiger partial charge in [0.2, 0.25) is 0 Å². The van der Waals surface area contributed by atoms with Crippen LogP contribution in [0.5, 0.6) is 11.5 Å². The van der Waals surface area contributed by atoms with E-state index in [0.717, 1.165) is 0 Å². The molecule has 17 heavy (non-hydrogen) atoms. The number of benzene rings is 1. The topological polar surface area (TPSA) is 57.1 Å². The first-order valence-electron chi connectivity index (χ1n) is 5.01. The molecule has 5 heteroatoms. The van der Waals surface area contributed by atoms with Crippen LogP contribution in [0, 0.1) is 0 Å². The molecule has 92 valence electrons. The Hall–Kier alpha value is -2.04. The van der Waals surface area contributed by atoms with Crippen LogP contribution in [0.25, 0.3) is 0 Å². The number of rotatable bonds is 4. The van der Waals surface area contributed by atoms with Crippen molar-refractivity contribution in [3.63, 3.8) is 0 Å². The molecule has 0 aliphatic rings. The first-order chi connectivity index (χ1) is 8.17. The second-order valence-electron chi connectivity index (χ2n) is 3.10. The second-order valence-corrected chi connectivity index (χ2v) is 3.10. The fourth-order valence-corrected chi connectivity index (χ4v) is 1.39. The van der Waals surface area contributed by atoms with Gasteiger partial charge in [-0.3, -0.25) is 4.99 Å². The number of carbonyl (C=O) groups excluding carboxylic acids is 1. The van der Waals surface area contributed by atoms with Crippen LogP contribution in [0.3, 0.4) is 0 Å². The number of nitrogens with zero attached hydrogens (tertiary/aromatic N) is 1. The highest BCUT2D eigenvalue weighted by Crippen LogP contribution is 2.34. The fraction of sp³-hybridized carbons (Fsp3) is 0.333. The normalized spacial score (nSPS) is 10.4. The minimum absolute atomic E-state index is 0.336. The molecule has 0 aliphatic heterocycles. The third-order valence-electron chi connectivity index (χ3n) is 2.18. The Morgan fingerprint density at radius 3 is 2.24 bits per heavy atom. The summed E-state index contributed by atoms with van der Waals surface area (Å²) < 4.78 is 14.9. The summed E-state index contributed by atoms with van der Waals surface area (Å²) in [6, 6.07) is 3.18. The number of hydrogen-bond acceptors (Lipinski definition) is 5. The number of carbonyl (C=O) groups is 1. The summed E-state index contributed by atoms with van der Waals surface area (Å²) in [6.45, 7) is 1.76. The third kappa shape index (κ3) is 2.75. The van der Waals surface area contributed by atoms with Gasteiger partial charge in [-0.1, -0.05) is 0 Å². The van der Waals surface area contributed by atoms with Crippen LogP contribution in [0.15, 0.2) is 17.1 Å². The molecule has 0 atom stereocenters. The fourth-order valence-electron chi connectivity index (χ4n) is 1.39. The lowest BCUT2D eigenvalue weighted by Crippen LogP contribution is -2.03. The van der Waals surface area contributed by atoms with Crippen molar-refractivity contribution in [2.75, 3.05) is 21.3 Å². The molecule has 0 radical (unpaired) electrons. The quantitative estimate of drug-likeness (QED) is 0.595. The van der Waals surface area contributed by atoms with E-state index in [9.17, 15) is 4.79 Å². The Labute approximate surface area is 100 Å². The molecule has 1 aromatic carbocycles. The average molecular weight is 237 g/mol. The molecular weight excluding hydrogens is 222 g/mol. The van der Waals surface area contributed by atoms with Crippen LogP contribution < -0.4 is 9.47 Å². The highest BCUT2D eigenvalue weighted by molar-refractivity contribution is 5.96. The van der Waals surface area contributed by atoms with Gasteiger partial charge < -0.3 is 14.2 Å². The van der Waals surface area contributed by atoms with Gasteiger partial charge in [-0.2, -0.15) is 0 Å². The summed E-state index contributed by atoms with van der Waals surface area (Å²) >= 11 is 0. The molecule has 0 aliphatic carbocycles. The van der Waals surface area contributed by atoms with E-state index in [1.54, 1.807) is 25.3 Å². The molecule has 0 spiro atoms. The zero-order chi connectivity index (χ0) is 12.8. The average Bonchev–Trinajstić information content (AvgIpc) is 2.37. The first-order valence-corrected chi connectivity index (χ1v) is 5.01. The van der Waals surface area contributed by atoms with Crippen molar-refractivity contribution in [2.45, 2.75) is 6.92 Å². The Morgan fingerprint density at radius 1 is 1.18 bits per heavy atom. The first kappa shape index (κ1) is 13.0. The molecule has 1 rings (SSSR count). The van der Waals surface area contributed by atoms with Gasteiger partial charge in [0.1, 0.15) is 0 Å². The molecule has 0 saturated carbocycles.